The molecule has 0 radical (unpaired) electrons. The van der Waals surface area contributed by atoms with Crippen LogP contribution in [0.5, 0.6) is 5.75 Å². The summed E-state index contributed by atoms with van der Waals surface area (Å²) in [6.45, 7) is 2.51. The van der Waals surface area contributed by atoms with Crippen LogP contribution in [0.3, 0.4) is 0 Å². The van der Waals surface area contributed by atoms with Gasteiger partial charge in [0.2, 0.25) is 0 Å². The van der Waals surface area contributed by atoms with Crippen LogP contribution in [-0.4, -0.2) is 32.1 Å². The van der Waals surface area contributed by atoms with E-state index in [-0.39, 0.29) is 0 Å². The Morgan fingerprint density at radius 1 is 1.20 bits per heavy atom. The third-order valence-corrected chi connectivity index (χ3v) is 5.55. The number of fused-ring (bicyclic) bond motifs is 1. The van der Waals surface area contributed by atoms with E-state index in [1.54, 1.807) is 7.11 Å². The van der Waals surface area contributed by atoms with Crippen LogP contribution < -0.4 is 4.74 Å². The molecule has 1 saturated heterocycles. The van der Waals surface area contributed by atoms with E-state index in [0.717, 1.165) is 11.7 Å². The van der Waals surface area contributed by atoms with Gasteiger partial charge in [-0.15, -0.1) is 0 Å². The molecule has 1 saturated carbocycles. The van der Waals surface area contributed by atoms with Gasteiger partial charge in [-0.1, -0.05) is 25.0 Å². The molecular formula is C18H27NO. The van der Waals surface area contributed by atoms with Gasteiger partial charge in [0.25, 0.3) is 0 Å². The van der Waals surface area contributed by atoms with Crippen molar-refractivity contribution in [2.24, 2.45) is 5.92 Å². The van der Waals surface area contributed by atoms with Crippen molar-refractivity contribution < 1.29 is 4.74 Å². The van der Waals surface area contributed by atoms with Gasteiger partial charge >= 0.3 is 0 Å². The molecule has 0 spiro atoms. The van der Waals surface area contributed by atoms with Crippen LogP contribution in [0.1, 0.15) is 44.1 Å². The summed E-state index contributed by atoms with van der Waals surface area (Å²) in [7, 11) is 4.06. The smallest absolute Gasteiger partial charge is 0.119 e. The quantitative estimate of drug-likeness (QED) is 0.811. The van der Waals surface area contributed by atoms with Crippen LogP contribution in [0, 0.1) is 5.92 Å². The van der Waals surface area contributed by atoms with Crippen molar-refractivity contribution in [2.45, 2.75) is 43.9 Å². The van der Waals surface area contributed by atoms with Crippen LogP contribution in [0.2, 0.25) is 0 Å². The Kier molecular flexibility index (Phi) is 4.02. The largest absolute Gasteiger partial charge is 0.497 e. The van der Waals surface area contributed by atoms with Gasteiger partial charge in [0.15, 0.2) is 0 Å². The lowest BCUT2D eigenvalue weighted by atomic mass is 9.61. The third kappa shape index (κ3) is 2.46. The van der Waals surface area contributed by atoms with Crippen LogP contribution in [-0.2, 0) is 5.41 Å². The van der Waals surface area contributed by atoms with Crippen molar-refractivity contribution in [3.05, 3.63) is 29.8 Å². The number of ether oxygens (including phenoxy) is 1. The Bertz CT molecular complexity index is 458. The highest BCUT2D eigenvalue weighted by Crippen LogP contribution is 2.49. The van der Waals surface area contributed by atoms with Gasteiger partial charge in [-0.25, -0.2) is 0 Å². The van der Waals surface area contributed by atoms with E-state index in [4.69, 9.17) is 4.74 Å². The summed E-state index contributed by atoms with van der Waals surface area (Å²) in [5.74, 6) is 1.83. The molecule has 2 atom stereocenters. The van der Waals surface area contributed by atoms with E-state index < -0.39 is 0 Å². The van der Waals surface area contributed by atoms with Crippen LogP contribution >= 0.6 is 0 Å². The van der Waals surface area contributed by atoms with Crippen molar-refractivity contribution in [1.82, 2.24) is 4.90 Å². The number of rotatable bonds is 2. The Hall–Kier alpha value is -1.02. The molecule has 1 aromatic carbocycles. The monoisotopic (exact) mass is 273 g/mol. The van der Waals surface area contributed by atoms with Crippen molar-refractivity contribution in [3.63, 3.8) is 0 Å². The standard InChI is InChI=1S/C18H27NO/c1-19-12-6-11-18(10-4-3-7-16(18)14-19)15-8-5-9-17(13-15)20-2/h5,8-9,13,16H,3-4,6-7,10-12,14H2,1-2H3/t16-,18-/m0/s1. The van der Waals surface area contributed by atoms with Crippen molar-refractivity contribution in [1.29, 1.82) is 0 Å². The predicted octanol–water partition coefficient (Wildman–Crippen LogP) is 3.85. The topological polar surface area (TPSA) is 12.5 Å². The number of likely N-dealkylation sites (tertiary alicyclic amines) is 1. The van der Waals surface area contributed by atoms with E-state index in [0.29, 0.717) is 5.41 Å². The molecule has 1 heterocycles. The molecule has 2 nitrogen and oxygen atoms in total. The first-order valence-corrected chi connectivity index (χ1v) is 8.08. The average molecular weight is 273 g/mol. The lowest BCUT2D eigenvalue weighted by molar-refractivity contribution is 0.156. The molecule has 2 aliphatic rings. The number of hydrogen-bond donors (Lipinski definition) is 0. The lowest BCUT2D eigenvalue weighted by Gasteiger charge is -2.44. The molecule has 20 heavy (non-hydrogen) atoms. The van der Waals surface area contributed by atoms with Gasteiger partial charge in [0.1, 0.15) is 5.75 Å². The van der Waals surface area contributed by atoms with Crippen molar-refractivity contribution in [3.8, 4) is 5.75 Å². The average Bonchev–Trinajstić information content (AvgIpc) is 2.66. The first-order chi connectivity index (χ1) is 9.74. The zero-order chi connectivity index (χ0) is 14.0. The maximum Gasteiger partial charge on any atom is 0.119 e. The molecule has 110 valence electrons. The summed E-state index contributed by atoms with van der Waals surface area (Å²) in [4.78, 5) is 2.54. The fraction of sp³-hybridized carbons (Fsp3) is 0.667. The van der Waals surface area contributed by atoms with Gasteiger partial charge in [-0.05, 0) is 68.3 Å². The molecule has 0 N–H and O–H groups in total. The number of benzene rings is 1. The van der Waals surface area contributed by atoms with Crippen LogP contribution in [0.15, 0.2) is 24.3 Å². The van der Waals surface area contributed by atoms with Crippen molar-refractivity contribution in [2.75, 3.05) is 27.2 Å². The number of hydrogen-bond acceptors (Lipinski definition) is 2. The summed E-state index contributed by atoms with van der Waals surface area (Å²) >= 11 is 0. The van der Waals surface area contributed by atoms with Gasteiger partial charge < -0.3 is 9.64 Å². The minimum atomic E-state index is 0.400. The Balaban J connectivity index is 1.99. The minimum Gasteiger partial charge on any atom is -0.497 e. The molecular weight excluding hydrogens is 246 g/mol. The highest BCUT2D eigenvalue weighted by molar-refractivity contribution is 5.35. The molecule has 0 unspecified atom stereocenters. The zero-order valence-corrected chi connectivity index (χ0v) is 12.9. The number of nitrogens with zero attached hydrogens (tertiary/aromatic N) is 1. The molecule has 0 bridgehead atoms. The minimum absolute atomic E-state index is 0.400. The zero-order valence-electron chi connectivity index (χ0n) is 12.9. The molecule has 1 aliphatic carbocycles. The van der Waals surface area contributed by atoms with E-state index in [1.807, 2.05) is 0 Å². The maximum atomic E-state index is 5.46. The Morgan fingerprint density at radius 2 is 2.05 bits per heavy atom. The number of methoxy groups -OCH3 is 1. The third-order valence-electron chi connectivity index (χ3n) is 5.55. The second-order valence-electron chi connectivity index (χ2n) is 6.70. The molecule has 3 rings (SSSR count). The molecule has 1 aromatic rings. The first kappa shape index (κ1) is 13.9. The molecule has 0 amide bonds. The van der Waals surface area contributed by atoms with Crippen LogP contribution in [0.4, 0.5) is 0 Å². The first-order valence-electron chi connectivity index (χ1n) is 8.08. The molecule has 1 aliphatic heterocycles. The highest BCUT2D eigenvalue weighted by Gasteiger charge is 2.43. The van der Waals surface area contributed by atoms with Gasteiger partial charge in [-0.2, -0.15) is 0 Å². The van der Waals surface area contributed by atoms with E-state index in [9.17, 15) is 0 Å². The van der Waals surface area contributed by atoms with Gasteiger partial charge in [0, 0.05) is 6.54 Å². The van der Waals surface area contributed by atoms with Gasteiger partial charge in [0.05, 0.1) is 7.11 Å². The van der Waals surface area contributed by atoms with E-state index in [1.165, 1.54) is 57.2 Å². The second kappa shape index (κ2) is 5.77. The van der Waals surface area contributed by atoms with Gasteiger partial charge in [-0.3, -0.25) is 0 Å². The molecule has 0 aromatic heterocycles. The summed E-state index contributed by atoms with van der Waals surface area (Å²) in [5.41, 5.74) is 1.93. The summed E-state index contributed by atoms with van der Waals surface area (Å²) < 4.78 is 5.46. The Labute approximate surface area is 123 Å². The lowest BCUT2D eigenvalue weighted by Crippen LogP contribution is -2.41. The predicted molar refractivity (Wildman–Crippen MR) is 83.4 cm³/mol. The Morgan fingerprint density at radius 3 is 2.90 bits per heavy atom. The molecule has 2 fully saturated rings. The van der Waals surface area contributed by atoms with E-state index >= 15 is 0 Å². The molecule has 2 heteroatoms. The van der Waals surface area contributed by atoms with Crippen molar-refractivity contribution >= 4 is 0 Å². The fourth-order valence-electron chi connectivity index (χ4n) is 4.50. The second-order valence-corrected chi connectivity index (χ2v) is 6.70. The normalized spacial score (nSPS) is 31.4. The van der Waals surface area contributed by atoms with E-state index in [2.05, 4.69) is 36.2 Å². The van der Waals surface area contributed by atoms with Crippen LogP contribution in [0.25, 0.3) is 0 Å². The fourth-order valence-corrected chi connectivity index (χ4v) is 4.50. The maximum absolute atomic E-state index is 5.46. The summed E-state index contributed by atoms with van der Waals surface area (Å²) in [5, 5.41) is 0. The summed E-state index contributed by atoms with van der Waals surface area (Å²) in [6, 6.07) is 8.87. The summed E-state index contributed by atoms with van der Waals surface area (Å²) in [6.07, 6.45) is 8.21. The highest BCUT2D eigenvalue weighted by atomic mass is 16.5. The SMILES string of the molecule is COc1cccc([C@@]23CCCC[C@H]2CN(C)CCC3)c1.